The Morgan fingerprint density at radius 3 is 2.45 bits per heavy atom. The van der Waals surface area contributed by atoms with E-state index < -0.39 is 0 Å². The molecule has 0 aromatic heterocycles. The molecule has 3 amide bonds. The Morgan fingerprint density at radius 1 is 1.03 bits per heavy atom. The molecule has 154 valence electrons. The standard InChI is InChI=1S/C22H28N4O3/c1-29-16-13-23-21(27)19-9-5-6-10-20(19)26-14-11-18(12-15-26)25-22(28)24-17-7-3-2-4-8-17/h2-10,18H,11-16H2,1H3,(H,23,27)(H2,24,25,28). The first kappa shape index (κ1) is 20.7. The van der Waals surface area contributed by atoms with Crippen molar-refractivity contribution in [2.45, 2.75) is 18.9 Å². The second-order valence-corrected chi connectivity index (χ2v) is 6.99. The van der Waals surface area contributed by atoms with Crippen molar-refractivity contribution in [3.63, 3.8) is 0 Å². The fourth-order valence-electron chi connectivity index (χ4n) is 3.44. The summed E-state index contributed by atoms with van der Waals surface area (Å²) >= 11 is 0. The number of anilines is 2. The minimum atomic E-state index is -0.187. The van der Waals surface area contributed by atoms with Crippen LogP contribution in [0.3, 0.4) is 0 Å². The third-order valence-corrected chi connectivity index (χ3v) is 4.94. The zero-order valence-electron chi connectivity index (χ0n) is 16.7. The average molecular weight is 396 g/mol. The molecule has 0 aliphatic carbocycles. The number of carbonyl (C=O) groups is 2. The number of methoxy groups -OCH3 is 1. The fourth-order valence-corrected chi connectivity index (χ4v) is 3.44. The summed E-state index contributed by atoms with van der Waals surface area (Å²) in [6.45, 7) is 2.51. The molecule has 2 aromatic rings. The molecule has 2 aromatic carbocycles. The number of nitrogens with one attached hydrogen (secondary N) is 3. The highest BCUT2D eigenvalue weighted by atomic mass is 16.5. The van der Waals surface area contributed by atoms with Crippen LogP contribution in [-0.2, 0) is 4.74 Å². The predicted octanol–water partition coefficient (Wildman–Crippen LogP) is 2.85. The maximum Gasteiger partial charge on any atom is 0.319 e. The number of para-hydroxylation sites is 2. The number of carbonyl (C=O) groups excluding carboxylic acids is 2. The molecule has 0 spiro atoms. The highest BCUT2D eigenvalue weighted by Crippen LogP contribution is 2.24. The molecule has 1 saturated heterocycles. The molecule has 0 atom stereocenters. The van der Waals surface area contributed by atoms with Gasteiger partial charge in [0.1, 0.15) is 0 Å². The third-order valence-electron chi connectivity index (χ3n) is 4.94. The van der Waals surface area contributed by atoms with Gasteiger partial charge in [-0.25, -0.2) is 4.79 Å². The van der Waals surface area contributed by atoms with Crippen molar-refractivity contribution in [2.75, 3.05) is 43.6 Å². The zero-order valence-corrected chi connectivity index (χ0v) is 16.7. The number of urea groups is 1. The van der Waals surface area contributed by atoms with Gasteiger partial charge in [-0.15, -0.1) is 0 Å². The fraction of sp³-hybridized carbons (Fsp3) is 0.364. The lowest BCUT2D eigenvalue weighted by Crippen LogP contribution is -2.46. The van der Waals surface area contributed by atoms with Crippen LogP contribution < -0.4 is 20.9 Å². The van der Waals surface area contributed by atoms with E-state index in [9.17, 15) is 9.59 Å². The van der Waals surface area contributed by atoms with E-state index in [-0.39, 0.29) is 18.0 Å². The normalized spacial score (nSPS) is 14.3. The van der Waals surface area contributed by atoms with Crippen LogP contribution >= 0.6 is 0 Å². The monoisotopic (exact) mass is 396 g/mol. The molecule has 3 N–H and O–H groups in total. The first-order chi connectivity index (χ1) is 14.2. The van der Waals surface area contributed by atoms with Gasteiger partial charge in [0.2, 0.25) is 0 Å². The van der Waals surface area contributed by atoms with Gasteiger partial charge < -0.3 is 25.6 Å². The molecule has 1 aliphatic heterocycles. The number of rotatable bonds is 7. The molecule has 3 rings (SSSR count). The minimum absolute atomic E-state index is 0.0971. The SMILES string of the molecule is COCCNC(=O)c1ccccc1N1CCC(NC(=O)Nc2ccccc2)CC1. The molecule has 1 fully saturated rings. The number of benzene rings is 2. The molecule has 1 aliphatic rings. The Balaban J connectivity index is 1.53. The van der Waals surface area contributed by atoms with E-state index in [1.807, 2.05) is 54.6 Å². The van der Waals surface area contributed by atoms with Crippen LogP contribution in [0.5, 0.6) is 0 Å². The Morgan fingerprint density at radius 2 is 1.72 bits per heavy atom. The van der Waals surface area contributed by atoms with E-state index >= 15 is 0 Å². The van der Waals surface area contributed by atoms with Crippen LogP contribution in [0.1, 0.15) is 23.2 Å². The van der Waals surface area contributed by atoms with E-state index in [1.54, 1.807) is 7.11 Å². The van der Waals surface area contributed by atoms with Gasteiger partial charge in [0.05, 0.1) is 12.2 Å². The van der Waals surface area contributed by atoms with E-state index in [0.717, 1.165) is 37.3 Å². The Kier molecular flexibility index (Phi) is 7.47. The van der Waals surface area contributed by atoms with E-state index in [1.165, 1.54) is 0 Å². The summed E-state index contributed by atoms with van der Waals surface area (Å²) in [4.78, 5) is 26.9. The van der Waals surface area contributed by atoms with Crippen LogP contribution in [0.15, 0.2) is 54.6 Å². The van der Waals surface area contributed by atoms with E-state index in [2.05, 4.69) is 20.9 Å². The molecule has 0 bridgehead atoms. The number of amides is 3. The van der Waals surface area contributed by atoms with Crippen LogP contribution in [0, 0.1) is 0 Å². The van der Waals surface area contributed by atoms with Crippen molar-refractivity contribution in [1.82, 2.24) is 10.6 Å². The minimum Gasteiger partial charge on any atom is -0.383 e. The van der Waals surface area contributed by atoms with Crippen LogP contribution in [0.2, 0.25) is 0 Å². The van der Waals surface area contributed by atoms with Gasteiger partial charge in [-0.05, 0) is 37.1 Å². The Bertz CT molecular complexity index is 805. The van der Waals surface area contributed by atoms with Gasteiger partial charge in [0.25, 0.3) is 5.91 Å². The molecule has 7 nitrogen and oxygen atoms in total. The first-order valence-electron chi connectivity index (χ1n) is 9.91. The molecule has 1 heterocycles. The first-order valence-corrected chi connectivity index (χ1v) is 9.91. The molecular formula is C22H28N4O3. The molecule has 0 unspecified atom stereocenters. The Labute approximate surface area is 171 Å². The zero-order chi connectivity index (χ0) is 20.5. The van der Waals surface area contributed by atoms with Gasteiger partial charge in [0, 0.05) is 44.2 Å². The summed E-state index contributed by atoms with van der Waals surface area (Å²) < 4.78 is 4.99. The summed E-state index contributed by atoms with van der Waals surface area (Å²) in [5.74, 6) is -0.0971. The predicted molar refractivity (Wildman–Crippen MR) is 114 cm³/mol. The number of hydrogen-bond donors (Lipinski definition) is 3. The van der Waals surface area contributed by atoms with Gasteiger partial charge in [0.15, 0.2) is 0 Å². The van der Waals surface area contributed by atoms with Crippen LogP contribution in [0.25, 0.3) is 0 Å². The number of piperidine rings is 1. The second kappa shape index (κ2) is 10.5. The lowest BCUT2D eigenvalue weighted by atomic mass is 10.0. The number of hydrogen-bond acceptors (Lipinski definition) is 4. The summed E-state index contributed by atoms with van der Waals surface area (Å²) in [5.41, 5.74) is 2.36. The summed E-state index contributed by atoms with van der Waals surface area (Å²) in [5, 5.41) is 8.78. The molecule has 0 radical (unpaired) electrons. The van der Waals surface area contributed by atoms with Gasteiger partial charge >= 0.3 is 6.03 Å². The van der Waals surface area contributed by atoms with Gasteiger partial charge in [-0.2, -0.15) is 0 Å². The summed E-state index contributed by atoms with van der Waals surface area (Å²) in [7, 11) is 1.61. The molecule has 0 saturated carbocycles. The summed E-state index contributed by atoms with van der Waals surface area (Å²) in [6.07, 6.45) is 1.64. The average Bonchev–Trinajstić information content (AvgIpc) is 2.75. The highest BCUT2D eigenvalue weighted by Gasteiger charge is 2.23. The lowest BCUT2D eigenvalue weighted by molar-refractivity contribution is 0.0937. The third kappa shape index (κ3) is 5.96. The second-order valence-electron chi connectivity index (χ2n) is 6.99. The highest BCUT2D eigenvalue weighted by molar-refractivity contribution is 5.99. The smallest absolute Gasteiger partial charge is 0.319 e. The van der Waals surface area contributed by atoms with Gasteiger partial charge in [-0.3, -0.25) is 4.79 Å². The van der Waals surface area contributed by atoms with Crippen molar-refractivity contribution < 1.29 is 14.3 Å². The number of nitrogens with zero attached hydrogens (tertiary/aromatic N) is 1. The van der Waals surface area contributed by atoms with Crippen molar-refractivity contribution >= 4 is 23.3 Å². The molecule has 29 heavy (non-hydrogen) atoms. The van der Waals surface area contributed by atoms with Crippen molar-refractivity contribution in [3.05, 3.63) is 60.2 Å². The van der Waals surface area contributed by atoms with Crippen LogP contribution in [-0.4, -0.2) is 51.3 Å². The molecule has 7 heteroatoms. The van der Waals surface area contributed by atoms with Crippen molar-refractivity contribution in [1.29, 1.82) is 0 Å². The Hall–Kier alpha value is -3.06. The topological polar surface area (TPSA) is 82.7 Å². The molecular weight excluding hydrogens is 368 g/mol. The van der Waals surface area contributed by atoms with E-state index in [4.69, 9.17) is 4.74 Å². The quantitative estimate of drug-likeness (QED) is 0.629. The van der Waals surface area contributed by atoms with Crippen molar-refractivity contribution in [3.8, 4) is 0 Å². The summed E-state index contributed by atoms with van der Waals surface area (Å²) in [6, 6.07) is 17.0. The maximum absolute atomic E-state index is 12.5. The largest absolute Gasteiger partial charge is 0.383 e. The number of ether oxygens (including phenoxy) is 1. The van der Waals surface area contributed by atoms with Gasteiger partial charge in [-0.1, -0.05) is 30.3 Å². The lowest BCUT2D eigenvalue weighted by Gasteiger charge is -2.34. The van der Waals surface area contributed by atoms with E-state index in [0.29, 0.717) is 18.7 Å². The van der Waals surface area contributed by atoms with Crippen LogP contribution in [0.4, 0.5) is 16.2 Å². The maximum atomic E-state index is 12.5. The van der Waals surface area contributed by atoms with Crippen molar-refractivity contribution in [2.24, 2.45) is 0 Å².